The summed E-state index contributed by atoms with van der Waals surface area (Å²) in [5.41, 5.74) is 1.19. The van der Waals surface area contributed by atoms with Crippen molar-refractivity contribution in [2.24, 2.45) is 0 Å². The third kappa shape index (κ3) is 4.83. The first kappa shape index (κ1) is 13.6. The Balaban J connectivity index is 1.60. The maximum absolute atomic E-state index is 5.70. The van der Waals surface area contributed by atoms with Crippen molar-refractivity contribution in [2.75, 3.05) is 6.61 Å². The van der Waals surface area contributed by atoms with Crippen molar-refractivity contribution in [2.45, 2.75) is 64.6 Å². The molecule has 102 valence electrons. The molecule has 1 fully saturated rings. The summed E-state index contributed by atoms with van der Waals surface area (Å²) in [4.78, 5) is 0. The summed E-state index contributed by atoms with van der Waals surface area (Å²) in [6, 6.07) is 2.74. The van der Waals surface area contributed by atoms with E-state index in [9.17, 15) is 0 Å². The molecule has 1 aliphatic carbocycles. The summed E-state index contributed by atoms with van der Waals surface area (Å²) in [7, 11) is 0. The summed E-state index contributed by atoms with van der Waals surface area (Å²) < 4.78 is 11.2. The molecule has 1 saturated carbocycles. The maximum Gasteiger partial charge on any atom is 0.123 e. The molecule has 1 N–H and O–H groups in total. The first-order chi connectivity index (χ1) is 8.90. The van der Waals surface area contributed by atoms with Crippen LogP contribution in [0.2, 0.25) is 0 Å². The summed E-state index contributed by atoms with van der Waals surface area (Å²) >= 11 is 0. The number of unbranched alkanes of at least 4 members (excludes halogenated alkanes) is 3. The molecule has 0 spiro atoms. The van der Waals surface area contributed by atoms with Crippen LogP contribution >= 0.6 is 0 Å². The van der Waals surface area contributed by atoms with Gasteiger partial charge >= 0.3 is 0 Å². The normalized spacial score (nSPS) is 15.2. The molecule has 3 nitrogen and oxygen atoms in total. The molecule has 1 heterocycles. The molecule has 0 aromatic carbocycles. The molecule has 0 unspecified atom stereocenters. The van der Waals surface area contributed by atoms with E-state index in [1.807, 2.05) is 6.07 Å². The van der Waals surface area contributed by atoms with Gasteiger partial charge in [-0.05, 0) is 25.3 Å². The van der Waals surface area contributed by atoms with Gasteiger partial charge in [-0.2, -0.15) is 0 Å². The molecule has 2 rings (SSSR count). The molecule has 0 bridgehead atoms. The average molecular weight is 251 g/mol. The van der Waals surface area contributed by atoms with E-state index in [0.717, 1.165) is 25.0 Å². The molecular weight excluding hydrogens is 226 g/mol. The molecule has 0 amide bonds. The zero-order valence-electron chi connectivity index (χ0n) is 11.4. The molecule has 1 aliphatic rings. The number of hydrogen-bond acceptors (Lipinski definition) is 3. The highest BCUT2D eigenvalue weighted by molar-refractivity contribution is 5.16. The zero-order valence-corrected chi connectivity index (χ0v) is 11.4. The predicted molar refractivity (Wildman–Crippen MR) is 72.4 cm³/mol. The van der Waals surface area contributed by atoms with Gasteiger partial charge in [0.1, 0.15) is 5.76 Å². The molecular formula is C15H25NO2. The smallest absolute Gasteiger partial charge is 0.123 e. The average Bonchev–Trinajstić information content (AvgIpc) is 3.11. The molecule has 3 heteroatoms. The second kappa shape index (κ2) is 7.59. The first-order valence-corrected chi connectivity index (χ1v) is 7.26. The van der Waals surface area contributed by atoms with Crippen LogP contribution in [0.4, 0.5) is 0 Å². The van der Waals surface area contributed by atoms with E-state index < -0.39 is 0 Å². The van der Waals surface area contributed by atoms with Crippen molar-refractivity contribution in [3.05, 3.63) is 23.7 Å². The van der Waals surface area contributed by atoms with E-state index >= 15 is 0 Å². The number of ether oxygens (including phenoxy) is 1. The van der Waals surface area contributed by atoms with E-state index in [0.29, 0.717) is 6.61 Å². The molecule has 1 aromatic heterocycles. The molecule has 0 radical (unpaired) electrons. The summed E-state index contributed by atoms with van der Waals surface area (Å²) in [5, 5.41) is 3.47. The lowest BCUT2D eigenvalue weighted by Gasteiger charge is -2.05. The fraction of sp³-hybridized carbons (Fsp3) is 0.733. The van der Waals surface area contributed by atoms with Gasteiger partial charge in [0.15, 0.2) is 0 Å². The Morgan fingerprint density at radius 3 is 3.00 bits per heavy atom. The summed E-state index contributed by atoms with van der Waals surface area (Å²) in [6.07, 6.45) is 9.41. The van der Waals surface area contributed by atoms with Gasteiger partial charge in [-0.15, -0.1) is 0 Å². The summed E-state index contributed by atoms with van der Waals surface area (Å²) in [6.45, 7) is 4.61. The highest BCUT2D eigenvalue weighted by Gasteiger charge is 2.21. The van der Waals surface area contributed by atoms with Crippen molar-refractivity contribution in [1.29, 1.82) is 0 Å². The van der Waals surface area contributed by atoms with Crippen LogP contribution in [-0.2, 0) is 17.9 Å². The topological polar surface area (TPSA) is 34.4 Å². The van der Waals surface area contributed by atoms with Crippen LogP contribution in [0.25, 0.3) is 0 Å². The van der Waals surface area contributed by atoms with Crippen LogP contribution < -0.4 is 5.32 Å². The third-order valence-electron chi connectivity index (χ3n) is 3.37. The predicted octanol–water partition coefficient (Wildman–Crippen LogP) is 3.63. The number of hydrogen-bond donors (Lipinski definition) is 1. The fourth-order valence-corrected chi connectivity index (χ4v) is 1.99. The fourth-order valence-electron chi connectivity index (χ4n) is 1.99. The lowest BCUT2D eigenvalue weighted by Crippen LogP contribution is -2.15. The highest BCUT2D eigenvalue weighted by atomic mass is 16.5. The number of rotatable bonds is 10. The van der Waals surface area contributed by atoms with Crippen molar-refractivity contribution in [3.63, 3.8) is 0 Å². The van der Waals surface area contributed by atoms with Crippen molar-refractivity contribution in [1.82, 2.24) is 5.32 Å². The molecule has 0 saturated heterocycles. The van der Waals surface area contributed by atoms with Gasteiger partial charge in [-0.25, -0.2) is 0 Å². The van der Waals surface area contributed by atoms with E-state index in [1.54, 1.807) is 6.26 Å². The standard InChI is InChI=1S/C15H25NO2/c1-2-3-4-5-9-17-12-13-8-10-18-15(13)11-16-14-6-7-14/h8,10,14,16H,2-7,9,11-12H2,1H3. The van der Waals surface area contributed by atoms with Crippen LogP contribution in [0, 0.1) is 0 Å². The SMILES string of the molecule is CCCCCCOCc1ccoc1CNC1CC1. The Morgan fingerprint density at radius 1 is 1.33 bits per heavy atom. The van der Waals surface area contributed by atoms with Gasteiger partial charge in [0.25, 0.3) is 0 Å². The minimum absolute atomic E-state index is 0.685. The van der Waals surface area contributed by atoms with Crippen LogP contribution in [0.5, 0.6) is 0 Å². The van der Waals surface area contributed by atoms with E-state index in [-0.39, 0.29) is 0 Å². The van der Waals surface area contributed by atoms with Gasteiger partial charge in [0.05, 0.1) is 19.4 Å². The Morgan fingerprint density at radius 2 is 2.22 bits per heavy atom. The quantitative estimate of drug-likeness (QED) is 0.645. The van der Waals surface area contributed by atoms with E-state index in [4.69, 9.17) is 9.15 Å². The number of furan rings is 1. The Bertz CT molecular complexity index is 331. The van der Waals surface area contributed by atoms with Crippen LogP contribution in [0.15, 0.2) is 16.7 Å². The first-order valence-electron chi connectivity index (χ1n) is 7.26. The van der Waals surface area contributed by atoms with Gasteiger partial charge < -0.3 is 14.5 Å². The van der Waals surface area contributed by atoms with Gasteiger partial charge in [-0.1, -0.05) is 26.2 Å². The largest absolute Gasteiger partial charge is 0.468 e. The lowest BCUT2D eigenvalue weighted by molar-refractivity contribution is 0.115. The Kier molecular flexibility index (Phi) is 5.75. The van der Waals surface area contributed by atoms with Gasteiger partial charge in [0.2, 0.25) is 0 Å². The van der Waals surface area contributed by atoms with Crippen LogP contribution in [0.1, 0.15) is 56.8 Å². The van der Waals surface area contributed by atoms with Gasteiger partial charge in [-0.3, -0.25) is 0 Å². The Hall–Kier alpha value is -0.800. The van der Waals surface area contributed by atoms with Crippen molar-refractivity contribution in [3.8, 4) is 0 Å². The molecule has 0 atom stereocenters. The van der Waals surface area contributed by atoms with E-state index in [1.165, 1.54) is 44.1 Å². The third-order valence-corrected chi connectivity index (χ3v) is 3.37. The van der Waals surface area contributed by atoms with Crippen molar-refractivity contribution < 1.29 is 9.15 Å². The monoisotopic (exact) mass is 251 g/mol. The highest BCUT2D eigenvalue weighted by Crippen LogP contribution is 2.20. The maximum atomic E-state index is 5.70. The van der Waals surface area contributed by atoms with Gasteiger partial charge in [0, 0.05) is 18.2 Å². The lowest BCUT2D eigenvalue weighted by atomic mass is 10.2. The van der Waals surface area contributed by atoms with Crippen LogP contribution in [0.3, 0.4) is 0 Å². The molecule has 0 aliphatic heterocycles. The second-order valence-corrected chi connectivity index (χ2v) is 5.14. The molecule has 1 aromatic rings. The molecule has 18 heavy (non-hydrogen) atoms. The Labute approximate surface area is 110 Å². The summed E-state index contributed by atoms with van der Waals surface area (Å²) in [5.74, 6) is 1.04. The van der Waals surface area contributed by atoms with Crippen molar-refractivity contribution >= 4 is 0 Å². The second-order valence-electron chi connectivity index (χ2n) is 5.14. The van der Waals surface area contributed by atoms with E-state index in [2.05, 4.69) is 12.2 Å². The minimum Gasteiger partial charge on any atom is -0.468 e. The zero-order chi connectivity index (χ0) is 12.6. The number of nitrogens with one attached hydrogen (secondary N) is 1. The minimum atomic E-state index is 0.685. The van der Waals surface area contributed by atoms with Crippen LogP contribution in [-0.4, -0.2) is 12.6 Å².